The Labute approximate surface area is 182 Å². The van der Waals surface area contributed by atoms with E-state index in [1.54, 1.807) is 0 Å². The second-order valence-electron chi connectivity index (χ2n) is 8.49. The summed E-state index contributed by atoms with van der Waals surface area (Å²) in [5.74, 6) is -0.402. The van der Waals surface area contributed by atoms with Gasteiger partial charge in [0.1, 0.15) is 25.9 Å². The number of phosphoric ester groups is 1. The van der Waals surface area contributed by atoms with Gasteiger partial charge in [-0.05, 0) is 25.7 Å². The zero-order valence-electron chi connectivity index (χ0n) is 19.2. The van der Waals surface area contributed by atoms with Gasteiger partial charge in [-0.1, -0.05) is 44.8 Å². The highest BCUT2D eigenvalue weighted by molar-refractivity contribution is 7.45. The fraction of sp³-hybridized carbons (Fsp3) is 0.857. The van der Waals surface area contributed by atoms with Crippen LogP contribution in [0.5, 0.6) is 0 Å². The molecule has 0 aliphatic heterocycles. The molecule has 0 saturated carbocycles. The average Bonchev–Trinajstić information content (AvgIpc) is 2.65. The van der Waals surface area contributed by atoms with E-state index in [9.17, 15) is 19.4 Å². The summed E-state index contributed by atoms with van der Waals surface area (Å²) in [6.07, 6.45) is 12.1. The molecule has 0 rings (SSSR count). The van der Waals surface area contributed by atoms with Crippen molar-refractivity contribution in [2.45, 2.75) is 70.8 Å². The van der Waals surface area contributed by atoms with Crippen LogP contribution in [-0.2, 0) is 23.1 Å². The van der Waals surface area contributed by atoms with Crippen molar-refractivity contribution in [1.29, 1.82) is 0 Å². The van der Waals surface area contributed by atoms with Gasteiger partial charge in [0.2, 0.25) is 0 Å². The molecule has 0 aromatic rings. The van der Waals surface area contributed by atoms with Crippen LogP contribution in [0.15, 0.2) is 12.2 Å². The molecule has 8 nitrogen and oxygen atoms in total. The number of phosphoric acid groups is 1. The van der Waals surface area contributed by atoms with Crippen LogP contribution in [0.4, 0.5) is 0 Å². The predicted molar refractivity (Wildman–Crippen MR) is 116 cm³/mol. The summed E-state index contributed by atoms with van der Waals surface area (Å²) >= 11 is 0. The van der Waals surface area contributed by atoms with Crippen LogP contribution in [0.2, 0.25) is 0 Å². The van der Waals surface area contributed by atoms with Gasteiger partial charge in [0.15, 0.2) is 0 Å². The van der Waals surface area contributed by atoms with Crippen molar-refractivity contribution in [3.8, 4) is 0 Å². The monoisotopic (exact) mass is 451 g/mol. The molecule has 30 heavy (non-hydrogen) atoms. The Morgan fingerprint density at radius 3 is 2.33 bits per heavy atom. The molecule has 0 amide bonds. The molecule has 9 heteroatoms. The van der Waals surface area contributed by atoms with Crippen molar-refractivity contribution >= 4 is 13.8 Å². The highest BCUT2D eigenvalue weighted by Crippen LogP contribution is 2.38. The quantitative estimate of drug-likeness (QED) is 0.106. The first-order valence-corrected chi connectivity index (χ1v) is 12.4. The van der Waals surface area contributed by atoms with Crippen molar-refractivity contribution in [3.63, 3.8) is 0 Å². The number of carbonyl (C=O) groups excluding carboxylic acids is 1. The number of hydrogen-bond acceptors (Lipinski definition) is 7. The van der Waals surface area contributed by atoms with Gasteiger partial charge in [0.25, 0.3) is 7.82 Å². The van der Waals surface area contributed by atoms with Crippen LogP contribution >= 0.6 is 7.82 Å². The maximum Gasteiger partial charge on any atom is 0.305 e. The zero-order chi connectivity index (χ0) is 22.9. The number of unbranched alkanes of at least 4 members (excludes halogenated alkanes) is 6. The first-order chi connectivity index (χ1) is 14.1. The van der Waals surface area contributed by atoms with Crippen LogP contribution < -0.4 is 4.89 Å². The van der Waals surface area contributed by atoms with Gasteiger partial charge < -0.3 is 28.3 Å². The van der Waals surface area contributed by atoms with Crippen LogP contribution in [0.3, 0.4) is 0 Å². The molecular formula is C21H42NO7P. The molecule has 0 heterocycles. The van der Waals surface area contributed by atoms with Crippen LogP contribution in [0.25, 0.3) is 0 Å². The summed E-state index contributed by atoms with van der Waals surface area (Å²) < 4.78 is 26.5. The molecule has 0 bridgehead atoms. The third-order valence-electron chi connectivity index (χ3n) is 4.25. The minimum absolute atomic E-state index is 0.00901. The normalized spacial score (nSPS) is 15.3. The van der Waals surface area contributed by atoms with E-state index in [4.69, 9.17) is 9.26 Å². The lowest BCUT2D eigenvalue weighted by atomic mass is 10.1. The standard InChI is InChI=1S/C21H42NO7P/c1-5-6-7-8-9-10-11-12-13-14-15-21(24)27-18-20(23)19-29-30(25,26)28-17-16-22(2,3)4/h7-8,20,23H,5-6,9-19H2,1-4H3/b8-7-. The molecule has 0 fully saturated rings. The number of allylic oxidation sites excluding steroid dienone is 2. The van der Waals surface area contributed by atoms with Gasteiger partial charge >= 0.3 is 5.97 Å². The average molecular weight is 452 g/mol. The second-order valence-corrected chi connectivity index (χ2v) is 9.90. The number of quaternary nitrogens is 1. The maximum absolute atomic E-state index is 11.7. The van der Waals surface area contributed by atoms with Crippen LogP contribution in [0, 0.1) is 0 Å². The van der Waals surface area contributed by atoms with Crippen molar-refractivity contribution < 1.29 is 37.6 Å². The molecule has 0 aromatic carbocycles. The molecule has 0 aliphatic rings. The van der Waals surface area contributed by atoms with E-state index in [0.29, 0.717) is 11.0 Å². The largest absolute Gasteiger partial charge is 0.756 e. The topological polar surface area (TPSA) is 105 Å². The number of aliphatic hydroxyl groups excluding tert-OH is 1. The number of hydrogen-bond donors (Lipinski definition) is 1. The zero-order valence-corrected chi connectivity index (χ0v) is 20.1. The molecule has 178 valence electrons. The number of esters is 1. The number of rotatable bonds is 19. The molecule has 0 aliphatic carbocycles. The van der Waals surface area contributed by atoms with E-state index in [1.807, 2.05) is 21.1 Å². The van der Waals surface area contributed by atoms with E-state index in [1.165, 1.54) is 12.8 Å². The minimum Gasteiger partial charge on any atom is -0.756 e. The molecule has 2 atom stereocenters. The molecule has 0 aromatic heterocycles. The highest BCUT2D eigenvalue weighted by atomic mass is 31.2. The summed E-state index contributed by atoms with van der Waals surface area (Å²) in [6, 6.07) is 0. The van der Waals surface area contributed by atoms with E-state index in [-0.39, 0.29) is 19.6 Å². The minimum atomic E-state index is -4.48. The number of nitrogens with zero attached hydrogens (tertiary/aromatic N) is 1. The van der Waals surface area contributed by atoms with Crippen molar-refractivity contribution in [2.75, 3.05) is 47.5 Å². The van der Waals surface area contributed by atoms with E-state index in [0.717, 1.165) is 38.5 Å². The lowest BCUT2D eigenvalue weighted by molar-refractivity contribution is -0.870. The smallest absolute Gasteiger partial charge is 0.305 e. The number of aliphatic hydroxyl groups is 1. The fourth-order valence-electron chi connectivity index (χ4n) is 2.41. The number of likely N-dealkylation sites (N-methyl/N-ethyl adjacent to an activating group) is 1. The molecule has 0 spiro atoms. The Morgan fingerprint density at radius 1 is 1.03 bits per heavy atom. The number of ether oxygens (including phenoxy) is 1. The lowest BCUT2D eigenvalue weighted by Gasteiger charge is -2.27. The fourth-order valence-corrected chi connectivity index (χ4v) is 3.15. The van der Waals surface area contributed by atoms with Crippen molar-refractivity contribution in [1.82, 2.24) is 0 Å². The second kappa shape index (κ2) is 16.9. The Kier molecular flexibility index (Phi) is 16.4. The summed E-state index contributed by atoms with van der Waals surface area (Å²) in [6.45, 7) is 1.84. The predicted octanol–water partition coefficient (Wildman–Crippen LogP) is 3.19. The SMILES string of the molecule is CCC/C=C\CCCCCCCC(=O)OCC(O)COP(=O)([O-])OCC[N+](C)(C)C. The molecule has 1 N–H and O–H groups in total. The van der Waals surface area contributed by atoms with Gasteiger partial charge in [0.05, 0.1) is 27.7 Å². The third-order valence-corrected chi connectivity index (χ3v) is 5.21. The van der Waals surface area contributed by atoms with Gasteiger partial charge in [0, 0.05) is 6.42 Å². The van der Waals surface area contributed by atoms with E-state index < -0.39 is 26.5 Å². The Morgan fingerprint density at radius 2 is 1.67 bits per heavy atom. The summed E-state index contributed by atoms with van der Waals surface area (Å²) in [5, 5.41) is 9.74. The van der Waals surface area contributed by atoms with Crippen molar-refractivity contribution in [3.05, 3.63) is 12.2 Å². The Hall–Kier alpha value is -0.760. The summed E-state index contributed by atoms with van der Waals surface area (Å²) in [7, 11) is 1.24. The van der Waals surface area contributed by atoms with Gasteiger partial charge in [-0.3, -0.25) is 9.36 Å². The van der Waals surface area contributed by atoms with Gasteiger partial charge in [-0.15, -0.1) is 0 Å². The van der Waals surface area contributed by atoms with E-state index >= 15 is 0 Å². The lowest BCUT2D eigenvalue weighted by Crippen LogP contribution is -2.37. The molecule has 0 radical (unpaired) electrons. The molecular weight excluding hydrogens is 409 g/mol. The number of carbonyl (C=O) groups is 1. The maximum atomic E-state index is 11.7. The van der Waals surface area contributed by atoms with Crippen LogP contribution in [-0.4, -0.2) is 69.2 Å². The van der Waals surface area contributed by atoms with Crippen LogP contribution in [0.1, 0.15) is 64.7 Å². The van der Waals surface area contributed by atoms with Gasteiger partial charge in [-0.25, -0.2) is 0 Å². The first kappa shape index (κ1) is 29.2. The molecule has 0 saturated heterocycles. The Balaban J connectivity index is 3.70. The summed E-state index contributed by atoms with van der Waals surface area (Å²) in [5.41, 5.74) is 0. The summed E-state index contributed by atoms with van der Waals surface area (Å²) in [4.78, 5) is 23.3. The third kappa shape index (κ3) is 20.5. The van der Waals surface area contributed by atoms with Gasteiger partial charge in [-0.2, -0.15) is 0 Å². The highest BCUT2D eigenvalue weighted by Gasteiger charge is 2.16. The van der Waals surface area contributed by atoms with E-state index in [2.05, 4.69) is 23.6 Å². The first-order valence-electron chi connectivity index (χ1n) is 10.9. The van der Waals surface area contributed by atoms with Crippen molar-refractivity contribution in [2.24, 2.45) is 0 Å². The Bertz CT molecular complexity index is 520. The molecule has 2 unspecified atom stereocenters.